The smallest absolute Gasteiger partial charge is 0.200 e. The molecular weight excluding hydrogens is 274 g/mol. The summed E-state index contributed by atoms with van der Waals surface area (Å²) in [6.07, 6.45) is 0. The van der Waals surface area contributed by atoms with Crippen molar-refractivity contribution < 1.29 is 14.6 Å². The van der Waals surface area contributed by atoms with E-state index in [0.717, 1.165) is 5.56 Å². The number of nitrogens with one attached hydrogen (secondary N) is 1. The van der Waals surface area contributed by atoms with Gasteiger partial charge in [0.2, 0.25) is 5.75 Å². The third-order valence-corrected chi connectivity index (χ3v) is 3.90. The number of rotatable bonds is 6. The van der Waals surface area contributed by atoms with Crippen molar-refractivity contribution in [2.24, 2.45) is 0 Å². The molecule has 0 aliphatic rings. The van der Waals surface area contributed by atoms with Crippen molar-refractivity contribution >= 4 is 11.3 Å². The Kier molecular flexibility index (Phi) is 4.87. The summed E-state index contributed by atoms with van der Waals surface area (Å²) in [4.78, 5) is 0. The molecular formula is C15H19NO3S. The van der Waals surface area contributed by atoms with Crippen LogP contribution in [0, 0.1) is 0 Å². The second kappa shape index (κ2) is 6.63. The Hall–Kier alpha value is -1.72. The molecule has 20 heavy (non-hydrogen) atoms. The third-order valence-electron chi connectivity index (χ3n) is 3.20. The fraction of sp³-hybridized carbons (Fsp3) is 0.333. The van der Waals surface area contributed by atoms with E-state index in [1.807, 2.05) is 12.1 Å². The lowest BCUT2D eigenvalue weighted by Crippen LogP contribution is -2.17. The van der Waals surface area contributed by atoms with Gasteiger partial charge in [-0.1, -0.05) is 0 Å². The van der Waals surface area contributed by atoms with Crippen molar-refractivity contribution in [2.45, 2.75) is 19.5 Å². The molecule has 108 valence electrons. The maximum Gasteiger partial charge on any atom is 0.200 e. The van der Waals surface area contributed by atoms with Crippen LogP contribution in [0.15, 0.2) is 29.0 Å². The molecule has 0 radical (unpaired) electrons. The Labute approximate surface area is 123 Å². The van der Waals surface area contributed by atoms with Gasteiger partial charge in [0.15, 0.2) is 11.5 Å². The lowest BCUT2D eigenvalue weighted by atomic mass is 10.1. The Morgan fingerprint density at radius 2 is 1.90 bits per heavy atom. The molecule has 5 heteroatoms. The molecule has 0 aliphatic carbocycles. The molecule has 0 saturated carbocycles. The Morgan fingerprint density at radius 1 is 1.25 bits per heavy atom. The number of phenolic OH excluding ortho intramolecular Hbond substituents is 1. The second-order valence-electron chi connectivity index (χ2n) is 4.51. The summed E-state index contributed by atoms with van der Waals surface area (Å²) in [5.41, 5.74) is 2.27. The number of phenols is 1. The number of hydrogen-bond donors (Lipinski definition) is 2. The summed E-state index contributed by atoms with van der Waals surface area (Å²) >= 11 is 1.69. The number of hydrogen-bond acceptors (Lipinski definition) is 5. The normalized spacial score (nSPS) is 12.2. The minimum absolute atomic E-state index is 0.0321. The second-order valence-corrected chi connectivity index (χ2v) is 5.29. The van der Waals surface area contributed by atoms with Crippen LogP contribution in [-0.4, -0.2) is 19.3 Å². The van der Waals surface area contributed by atoms with E-state index in [1.165, 1.54) is 19.8 Å². The highest BCUT2D eigenvalue weighted by Crippen LogP contribution is 2.37. The summed E-state index contributed by atoms with van der Waals surface area (Å²) in [6.45, 7) is 2.79. The van der Waals surface area contributed by atoms with Gasteiger partial charge in [0, 0.05) is 12.6 Å². The number of thiophene rings is 1. The summed E-state index contributed by atoms with van der Waals surface area (Å²) in [5.74, 6) is 0.873. The van der Waals surface area contributed by atoms with Crippen molar-refractivity contribution in [1.29, 1.82) is 0 Å². The van der Waals surface area contributed by atoms with Crippen molar-refractivity contribution in [3.8, 4) is 17.2 Å². The van der Waals surface area contributed by atoms with Gasteiger partial charge in [-0.25, -0.2) is 0 Å². The van der Waals surface area contributed by atoms with E-state index < -0.39 is 0 Å². The van der Waals surface area contributed by atoms with Gasteiger partial charge in [0.25, 0.3) is 0 Å². The first-order chi connectivity index (χ1) is 9.65. The SMILES string of the molecule is COc1cc(CNC(C)c2ccsc2)cc(OC)c1O. The lowest BCUT2D eigenvalue weighted by Gasteiger charge is -2.15. The fourth-order valence-electron chi connectivity index (χ4n) is 1.96. The highest BCUT2D eigenvalue weighted by atomic mass is 32.1. The standard InChI is InChI=1S/C15H19NO3S/c1-10(12-4-5-20-9-12)16-8-11-6-13(18-2)15(17)14(7-11)19-3/h4-7,9-10,16-17H,8H2,1-3H3. The Morgan fingerprint density at radius 3 is 2.40 bits per heavy atom. The quantitative estimate of drug-likeness (QED) is 0.858. The van der Waals surface area contributed by atoms with Crippen LogP contribution >= 0.6 is 11.3 Å². The molecule has 0 amide bonds. The Bertz CT molecular complexity index is 529. The van der Waals surface area contributed by atoms with Crippen LogP contribution in [-0.2, 0) is 6.54 Å². The topological polar surface area (TPSA) is 50.7 Å². The van der Waals surface area contributed by atoms with Crippen LogP contribution in [0.2, 0.25) is 0 Å². The van der Waals surface area contributed by atoms with E-state index >= 15 is 0 Å². The van der Waals surface area contributed by atoms with Crippen molar-refractivity contribution in [1.82, 2.24) is 5.32 Å². The average molecular weight is 293 g/mol. The van der Waals surface area contributed by atoms with Gasteiger partial charge in [-0.05, 0) is 47.0 Å². The highest BCUT2D eigenvalue weighted by Gasteiger charge is 2.12. The maximum absolute atomic E-state index is 9.87. The van der Waals surface area contributed by atoms with Crippen LogP contribution in [0.3, 0.4) is 0 Å². The minimum Gasteiger partial charge on any atom is -0.502 e. The zero-order chi connectivity index (χ0) is 14.5. The van der Waals surface area contributed by atoms with Crippen LogP contribution in [0.1, 0.15) is 24.1 Å². The van der Waals surface area contributed by atoms with Crippen molar-refractivity contribution in [2.75, 3.05) is 14.2 Å². The van der Waals surface area contributed by atoms with E-state index in [2.05, 4.69) is 29.1 Å². The number of benzene rings is 1. The predicted octanol–water partition coefficient (Wildman–Crippen LogP) is 3.32. The van der Waals surface area contributed by atoms with Crippen molar-refractivity contribution in [3.63, 3.8) is 0 Å². The first kappa shape index (κ1) is 14.7. The molecule has 1 atom stereocenters. The van der Waals surface area contributed by atoms with Gasteiger partial charge in [-0.3, -0.25) is 0 Å². The van der Waals surface area contributed by atoms with Gasteiger partial charge in [0.05, 0.1) is 14.2 Å². The zero-order valence-electron chi connectivity index (χ0n) is 11.8. The summed E-state index contributed by atoms with van der Waals surface area (Å²) in [7, 11) is 3.05. The molecule has 2 rings (SSSR count). The Balaban J connectivity index is 2.09. The van der Waals surface area contributed by atoms with Crippen LogP contribution in [0.4, 0.5) is 0 Å². The molecule has 0 saturated heterocycles. The molecule has 1 unspecified atom stereocenters. The van der Waals surface area contributed by atoms with Gasteiger partial charge in [0.1, 0.15) is 0 Å². The molecule has 1 heterocycles. The summed E-state index contributed by atoms with van der Waals surface area (Å²) in [6, 6.07) is 6.00. The van der Waals surface area contributed by atoms with Gasteiger partial charge < -0.3 is 19.9 Å². The predicted molar refractivity (Wildman–Crippen MR) is 80.8 cm³/mol. The van der Waals surface area contributed by atoms with Crippen LogP contribution in [0.25, 0.3) is 0 Å². The number of aromatic hydroxyl groups is 1. The van der Waals surface area contributed by atoms with E-state index in [9.17, 15) is 5.11 Å². The summed E-state index contributed by atoms with van der Waals surface area (Å²) in [5, 5.41) is 17.5. The zero-order valence-corrected chi connectivity index (χ0v) is 12.7. The van der Waals surface area contributed by atoms with E-state index in [-0.39, 0.29) is 11.8 Å². The number of ether oxygens (including phenoxy) is 2. The first-order valence-corrected chi connectivity index (χ1v) is 7.29. The largest absolute Gasteiger partial charge is 0.502 e. The minimum atomic E-state index is 0.0321. The van der Waals surface area contributed by atoms with Crippen molar-refractivity contribution in [3.05, 3.63) is 40.1 Å². The monoisotopic (exact) mass is 293 g/mol. The molecule has 1 aromatic carbocycles. The van der Waals surface area contributed by atoms with Crippen LogP contribution in [0.5, 0.6) is 17.2 Å². The molecule has 0 aliphatic heterocycles. The molecule has 2 N–H and O–H groups in total. The molecule has 0 spiro atoms. The fourth-order valence-corrected chi connectivity index (χ4v) is 2.71. The average Bonchev–Trinajstić information content (AvgIpc) is 3.00. The molecule has 2 aromatic rings. The van der Waals surface area contributed by atoms with Gasteiger partial charge in [-0.2, -0.15) is 11.3 Å². The van der Waals surface area contributed by atoms with E-state index in [4.69, 9.17) is 9.47 Å². The maximum atomic E-state index is 9.87. The lowest BCUT2D eigenvalue weighted by molar-refractivity contribution is 0.339. The molecule has 1 aromatic heterocycles. The third kappa shape index (κ3) is 3.23. The first-order valence-electron chi connectivity index (χ1n) is 6.35. The molecule has 0 bridgehead atoms. The highest BCUT2D eigenvalue weighted by molar-refractivity contribution is 7.07. The van der Waals surface area contributed by atoms with Gasteiger partial charge in [-0.15, -0.1) is 0 Å². The number of methoxy groups -OCH3 is 2. The van der Waals surface area contributed by atoms with Gasteiger partial charge >= 0.3 is 0 Å². The van der Waals surface area contributed by atoms with Crippen LogP contribution < -0.4 is 14.8 Å². The molecule has 4 nitrogen and oxygen atoms in total. The van der Waals surface area contributed by atoms with E-state index in [1.54, 1.807) is 11.3 Å². The van der Waals surface area contributed by atoms with E-state index in [0.29, 0.717) is 18.0 Å². The summed E-state index contributed by atoms with van der Waals surface area (Å²) < 4.78 is 10.3. The molecule has 0 fully saturated rings.